The minimum Gasteiger partial charge on any atom is -0.378 e. The van der Waals surface area contributed by atoms with Crippen LogP contribution in [0, 0.1) is 5.82 Å². The van der Waals surface area contributed by atoms with Crippen LogP contribution in [0.25, 0.3) is 0 Å². The summed E-state index contributed by atoms with van der Waals surface area (Å²) < 4.78 is 20.1. The smallest absolute Gasteiger partial charge is 0.317 e. The van der Waals surface area contributed by atoms with Crippen molar-refractivity contribution in [3.8, 4) is 0 Å². The van der Waals surface area contributed by atoms with Crippen molar-refractivity contribution in [1.29, 1.82) is 0 Å². The fourth-order valence-corrected chi connectivity index (χ4v) is 3.75. The Morgan fingerprint density at radius 2 is 1.86 bits per heavy atom. The summed E-state index contributed by atoms with van der Waals surface area (Å²) in [6.07, 6.45) is 0.638. The Bertz CT molecular complexity index is 906. The predicted molar refractivity (Wildman–Crippen MR) is 103 cm³/mol. The van der Waals surface area contributed by atoms with Crippen LogP contribution < -0.4 is 5.32 Å². The van der Waals surface area contributed by atoms with Gasteiger partial charge in [-0.3, -0.25) is 9.48 Å². The lowest BCUT2D eigenvalue weighted by Gasteiger charge is -2.29. The highest BCUT2D eigenvalue weighted by atomic mass is 19.1. The summed E-state index contributed by atoms with van der Waals surface area (Å²) in [7, 11) is 1.83. The summed E-state index contributed by atoms with van der Waals surface area (Å²) in [5.41, 5.74) is 3.04. The molecule has 3 heterocycles. The summed E-state index contributed by atoms with van der Waals surface area (Å²) in [5, 5.41) is 7.32. The topological polar surface area (TPSA) is 79.7 Å². The van der Waals surface area contributed by atoms with Gasteiger partial charge in [-0.05, 0) is 17.7 Å². The number of aromatic nitrogens is 2. The maximum Gasteiger partial charge on any atom is 0.317 e. The average Bonchev–Trinajstić information content (AvgIpc) is 3.09. The molecular formula is C20H24FN5O3. The maximum atomic E-state index is 13.0. The van der Waals surface area contributed by atoms with Gasteiger partial charge >= 0.3 is 6.03 Å². The van der Waals surface area contributed by atoms with E-state index in [0.717, 1.165) is 16.8 Å². The zero-order chi connectivity index (χ0) is 20.4. The third-order valence-corrected chi connectivity index (χ3v) is 5.39. The molecule has 4 rings (SSSR count). The lowest BCUT2D eigenvalue weighted by molar-refractivity contribution is 0.0297. The summed E-state index contributed by atoms with van der Waals surface area (Å²) in [6.45, 7) is 3.35. The second kappa shape index (κ2) is 8.20. The molecule has 2 aliphatic rings. The molecule has 2 aromatic rings. The molecule has 2 aliphatic heterocycles. The van der Waals surface area contributed by atoms with Gasteiger partial charge in [0.15, 0.2) is 5.69 Å². The zero-order valence-corrected chi connectivity index (χ0v) is 16.4. The van der Waals surface area contributed by atoms with Crippen LogP contribution in [0.5, 0.6) is 0 Å². The molecule has 1 aromatic heterocycles. The maximum absolute atomic E-state index is 13.0. The second-order valence-corrected chi connectivity index (χ2v) is 7.26. The highest BCUT2D eigenvalue weighted by Gasteiger charge is 2.31. The number of carbonyl (C=O) groups excluding carboxylic acids is 2. The van der Waals surface area contributed by atoms with Gasteiger partial charge in [-0.2, -0.15) is 5.10 Å². The molecule has 0 aliphatic carbocycles. The quantitative estimate of drug-likeness (QED) is 0.841. The van der Waals surface area contributed by atoms with Crippen LogP contribution in [0.3, 0.4) is 0 Å². The van der Waals surface area contributed by atoms with Crippen molar-refractivity contribution in [2.24, 2.45) is 7.05 Å². The van der Waals surface area contributed by atoms with Crippen LogP contribution in [-0.4, -0.2) is 64.4 Å². The van der Waals surface area contributed by atoms with E-state index in [2.05, 4.69) is 10.4 Å². The fraction of sp³-hybridized carbons (Fsp3) is 0.450. The molecule has 1 fully saturated rings. The van der Waals surface area contributed by atoms with Crippen LogP contribution in [0.1, 0.15) is 27.3 Å². The second-order valence-electron chi connectivity index (χ2n) is 7.26. The predicted octanol–water partition coefficient (Wildman–Crippen LogP) is 1.30. The number of ether oxygens (including phenoxy) is 1. The molecule has 29 heavy (non-hydrogen) atoms. The molecule has 0 saturated carbocycles. The van der Waals surface area contributed by atoms with Gasteiger partial charge in [0.2, 0.25) is 0 Å². The number of benzene rings is 1. The Morgan fingerprint density at radius 1 is 1.14 bits per heavy atom. The van der Waals surface area contributed by atoms with E-state index in [9.17, 15) is 14.0 Å². The van der Waals surface area contributed by atoms with Gasteiger partial charge in [-0.15, -0.1) is 0 Å². The molecule has 1 aromatic carbocycles. The standard InChI is InChI=1S/C20H24FN5O3/c1-24-17-6-7-26(20(28)22-12-14-2-4-15(21)5-3-14)13-16(17)18(23-24)19(27)25-8-10-29-11-9-25/h2-5H,6-13H2,1H3,(H,22,28). The van der Waals surface area contributed by atoms with Crippen LogP contribution in [0.2, 0.25) is 0 Å². The van der Waals surface area contributed by atoms with E-state index in [1.165, 1.54) is 12.1 Å². The number of carbonyl (C=O) groups is 2. The molecule has 1 N–H and O–H groups in total. The number of nitrogens with one attached hydrogen (secondary N) is 1. The lowest BCUT2D eigenvalue weighted by Crippen LogP contribution is -2.44. The van der Waals surface area contributed by atoms with Crippen molar-refractivity contribution in [3.05, 3.63) is 52.6 Å². The number of morpholine rings is 1. The summed E-state index contributed by atoms with van der Waals surface area (Å²) in [5.74, 6) is -0.420. The molecule has 0 bridgehead atoms. The van der Waals surface area contributed by atoms with Gasteiger partial charge in [0.25, 0.3) is 5.91 Å². The summed E-state index contributed by atoms with van der Waals surface area (Å²) >= 11 is 0. The monoisotopic (exact) mass is 401 g/mol. The van der Waals surface area contributed by atoms with Gasteiger partial charge in [-0.25, -0.2) is 9.18 Å². The first-order valence-electron chi connectivity index (χ1n) is 9.72. The highest BCUT2D eigenvalue weighted by molar-refractivity contribution is 5.94. The number of urea groups is 1. The van der Waals surface area contributed by atoms with Crippen LogP contribution in [0.15, 0.2) is 24.3 Å². The Morgan fingerprint density at radius 3 is 2.59 bits per heavy atom. The molecular weight excluding hydrogens is 377 g/mol. The minimum atomic E-state index is -0.308. The number of rotatable bonds is 3. The minimum absolute atomic E-state index is 0.112. The molecule has 3 amide bonds. The van der Waals surface area contributed by atoms with Crippen LogP contribution in [0.4, 0.5) is 9.18 Å². The SMILES string of the molecule is Cn1nc(C(=O)N2CCOCC2)c2c1CCN(C(=O)NCc1ccc(F)cc1)C2. The number of halogens is 1. The third kappa shape index (κ3) is 4.09. The van der Waals surface area contributed by atoms with Crippen LogP contribution in [-0.2, 0) is 31.3 Å². The number of amides is 3. The molecule has 8 nitrogen and oxygen atoms in total. The molecule has 0 radical (unpaired) electrons. The number of aryl methyl sites for hydroxylation is 1. The van der Waals surface area contributed by atoms with E-state index in [1.54, 1.807) is 26.6 Å². The van der Waals surface area contributed by atoms with E-state index >= 15 is 0 Å². The lowest BCUT2D eigenvalue weighted by atomic mass is 10.0. The number of nitrogens with zero attached hydrogens (tertiary/aromatic N) is 4. The molecule has 0 spiro atoms. The van der Waals surface area contributed by atoms with Crippen molar-refractivity contribution in [2.75, 3.05) is 32.8 Å². The molecule has 1 saturated heterocycles. The highest BCUT2D eigenvalue weighted by Crippen LogP contribution is 2.23. The summed E-state index contributed by atoms with van der Waals surface area (Å²) in [6, 6.07) is 5.81. The zero-order valence-electron chi connectivity index (χ0n) is 16.4. The van der Waals surface area contributed by atoms with Crippen molar-refractivity contribution < 1.29 is 18.7 Å². The number of hydrogen-bond donors (Lipinski definition) is 1. The Hall–Kier alpha value is -2.94. The molecule has 0 atom stereocenters. The van der Waals surface area contributed by atoms with E-state index in [-0.39, 0.29) is 17.8 Å². The van der Waals surface area contributed by atoms with Gasteiger partial charge in [0.1, 0.15) is 5.82 Å². The normalized spacial score (nSPS) is 16.5. The van der Waals surface area contributed by atoms with Crippen molar-refractivity contribution in [1.82, 2.24) is 24.9 Å². The third-order valence-electron chi connectivity index (χ3n) is 5.39. The van der Waals surface area contributed by atoms with Crippen LogP contribution >= 0.6 is 0 Å². The van der Waals surface area contributed by atoms with Crippen molar-refractivity contribution in [2.45, 2.75) is 19.5 Å². The van der Waals surface area contributed by atoms with E-state index in [1.807, 2.05) is 7.05 Å². The molecule has 9 heteroatoms. The Balaban J connectivity index is 1.45. The number of hydrogen-bond acceptors (Lipinski definition) is 4. The van der Waals surface area contributed by atoms with Gasteiger partial charge in [-0.1, -0.05) is 12.1 Å². The van der Waals surface area contributed by atoms with Gasteiger partial charge < -0.3 is 19.9 Å². The number of fused-ring (bicyclic) bond motifs is 1. The van der Waals surface area contributed by atoms with Gasteiger partial charge in [0.05, 0.1) is 19.8 Å². The summed E-state index contributed by atoms with van der Waals surface area (Å²) in [4.78, 5) is 29.0. The van der Waals surface area contributed by atoms with E-state index < -0.39 is 0 Å². The fourth-order valence-electron chi connectivity index (χ4n) is 3.75. The van der Waals surface area contributed by atoms with Crippen molar-refractivity contribution >= 4 is 11.9 Å². The van der Waals surface area contributed by atoms with Crippen molar-refractivity contribution in [3.63, 3.8) is 0 Å². The Labute approximate surface area is 168 Å². The first-order valence-corrected chi connectivity index (χ1v) is 9.72. The molecule has 154 valence electrons. The molecule has 0 unspecified atom stereocenters. The Kier molecular flexibility index (Phi) is 5.48. The largest absolute Gasteiger partial charge is 0.378 e. The average molecular weight is 401 g/mol. The van der Waals surface area contributed by atoms with E-state index in [0.29, 0.717) is 58.1 Å². The first-order chi connectivity index (χ1) is 14.0. The first kappa shape index (κ1) is 19.4. The van der Waals surface area contributed by atoms with Gasteiger partial charge in [0, 0.05) is 50.9 Å². The van der Waals surface area contributed by atoms with E-state index in [4.69, 9.17) is 4.74 Å².